The highest BCUT2D eigenvalue weighted by Gasteiger charge is 2.10. The molecule has 0 saturated carbocycles. The Morgan fingerprint density at radius 3 is 2.43 bits per heavy atom. The van der Waals surface area contributed by atoms with Gasteiger partial charge in [0.15, 0.2) is 5.78 Å². The summed E-state index contributed by atoms with van der Waals surface area (Å²) in [4.78, 5) is 15.8. The molecule has 0 atom stereocenters. The van der Waals surface area contributed by atoms with E-state index >= 15 is 0 Å². The summed E-state index contributed by atoms with van der Waals surface area (Å²) in [7, 11) is 0. The molecule has 0 aliphatic carbocycles. The van der Waals surface area contributed by atoms with E-state index in [2.05, 4.69) is 24.0 Å². The minimum Gasteiger partial charge on any atom is -0.397 e. The van der Waals surface area contributed by atoms with Crippen molar-refractivity contribution in [3.8, 4) is 11.1 Å². The molecule has 3 nitrogen and oxygen atoms in total. The zero-order valence-electron chi connectivity index (χ0n) is 13.3. The molecule has 1 heterocycles. The van der Waals surface area contributed by atoms with Crippen LogP contribution in [0, 0.1) is 0 Å². The lowest BCUT2D eigenvalue weighted by Gasteiger charge is -2.07. The molecule has 0 spiro atoms. The third-order valence-electron chi connectivity index (χ3n) is 3.17. The van der Waals surface area contributed by atoms with Crippen LogP contribution in [0.2, 0.25) is 0 Å². The minimum absolute atomic E-state index is 0.0219. The van der Waals surface area contributed by atoms with Gasteiger partial charge in [-0.25, -0.2) is 0 Å². The van der Waals surface area contributed by atoms with Gasteiger partial charge in [0.25, 0.3) is 0 Å². The lowest BCUT2D eigenvalue weighted by atomic mass is 10.0. The summed E-state index contributed by atoms with van der Waals surface area (Å²) in [6.45, 7) is 7.93. The summed E-state index contributed by atoms with van der Waals surface area (Å²) in [5.41, 5.74) is 10.0. The van der Waals surface area contributed by atoms with Gasteiger partial charge in [0.2, 0.25) is 0 Å². The predicted octanol–water partition coefficient (Wildman–Crippen LogP) is 4.51. The van der Waals surface area contributed by atoms with E-state index in [1.54, 1.807) is 6.20 Å². The van der Waals surface area contributed by atoms with E-state index in [1.807, 2.05) is 39.0 Å². The molecule has 0 aliphatic rings. The average molecular weight is 284 g/mol. The Kier molecular flexibility index (Phi) is 6.60. The maximum Gasteiger partial charge on any atom is 0.183 e. The Bertz CT molecular complexity index is 606. The number of hydrogen-bond acceptors (Lipinski definition) is 3. The van der Waals surface area contributed by atoms with Gasteiger partial charge < -0.3 is 5.73 Å². The highest BCUT2D eigenvalue weighted by Crippen LogP contribution is 2.24. The number of rotatable bonds is 4. The van der Waals surface area contributed by atoms with Gasteiger partial charge in [0.05, 0.1) is 5.69 Å². The van der Waals surface area contributed by atoms with Crippen molar-refractivity contribution in [2.45, 2.75) is 40.5 Å². The van der Waals surface area contributed by atoms with Crippen molar-refractivity contribution in [3.63, 3.8) is 0 Å². The second-order valence-corrected chi connectivity index (χ2v) is 4.49. The number of nitrogens with two attached hydrogens (primary N) is 1. The molecule has 112 valence electrons. The summed E-state index contributed by atoms with van der Waals surface area (Å²) in [5.74, 6) is -0.0219. The quantitative estimate of drug-likeness (QED) is 0.840. The van der Waals surface area contributed by atoms with E-state index in [4.69, 9.17) is 5.73 Å². The fraction of sp³-hybridized carbons (Fsp3) is 0.333. The third-order valence-corrected chi connectivity index (χ3v) is 3.17. The van der Waals surface area contributed by atoms with Gasteiger partial charge in [-0.05, 0) is 23.6 Å². The molecule has 0 bridgehead atoms. The van der Waals surface area contributed by atoms with Crippen LogP contribution in [0.4, 0.5) is 5.69 Å². The molecule has 3 heteroatoms. The van der Waals surface area contributed by atoms with Gasteiger partial charge in [-0.1, -0.05) is 52.0 Å². The van der Waals surface area contributed by atoms with Crippen molar-refractivity contribution in [1.82, 2.24) is 4.98 Å². The van der Waals surface area contributed by atoms with Crippen molar-refractivity contribution in [1.29, 1.82) is 0 Å². The lowest BCUT2D eigenvalue weighted by Crippen LogP contribution is -2.05. The van der Waals surface area contributed by atoms with Gasteiger partial charge in [-0.15, -0.1) is 0 Å². The number of anilines is 1. The standard InChI is InChI=1S/C16H18N2O.C2H6/c1-3-11-6-5-7-12(8-11)13-9-14(17)16(18-10-13)15(19)4-2;1-2/h5-10H,3-4,17H2,1-2H3;1-2H3. The van der Waals surface area contributed by atoms with Crippen molar-refractivity contribution in [2.24, 2.45) is 0 Å². The number of carbonyl (C=O) groups is 1. The van der Waals surface area contributed by atoms with Gasteiger partial charge in [-0.3, -0.25) is 9.78 Å². The highest BCUT2D eigenvalue weighted by molar-refractivity contribution is 5.99. The molecule has 2 aromatic rings. The topological polar surface area (TPSA) is 56.0 Å². The number of pyridine rings is 1. The predicted molar refractivity (Wildman–Crippen MR) is 89.4 cm³/mol. The largest absolute Gasteiger partial charge is 0.397 e. The van der Waals surface area contributed by atoms with E-state index < -0.39 is 0 Å². The van der Waals surface area contributed by atoms with E-state index in [1.165, 1.54) is 5.56 Å². The third kappa shape index (κ3) is 4.15. The second-order valence-electron chi connectivity index (χ2n) is 4.49. The first-order chi connectivity index (χ1) is 10.2. The summed E-state index contributed by atoms with van der Waals surface area (Å²) in [6, 6.07) is 10.1. The Hall–Kier alpha value is -2.16. The van der Waals surface area contributed by atoms with Crippen LogP contribution in [0.1, 0.15) is 50.2 Å². The van der Waals surface area contributed by atoms with Gasteiger partial charge >= 0.3 is 0 Å². The summed E-state index contributed by atoms with van der Waals surface area (Å²) in [5, 5.41) is 0. The molecular formula is C18H24N2O. The summed E-state index contributed by atoms with van der Waals surface area (Å²) >= 11 is 0. The van der Waals surface area contributed by atoms with Crippen molar-refractivity contribution >= 4 is 11.5 Å². The molecule has 0 fully saturated rings. The first kappa shape index (κ1) is 16.9. The normalized spacial score (nSPS) is 9.71. The van der Waals surface area contributed by atoms with E-state index in [0.717, 1.165) is 17.5 Å². The van der Waals surface area contributed by atoms with Crippen LogP contribution >= 0.6 is 0 Å². The molecule has 0 aliphatic heterocycles. The smallest absolute Gasteiger partial charge is 0.183 e. The molecule has 0 unspecified atom stereocenters. The number of nitrogen functional groups attached to an aromatic ring is 1. The van der Waals surface area contributed by atoms with Crippen molar-refractivity contribution in [3.05, 3.63) is 47.8 Å². The van der Waals surface area contributed by atoms with E-state index in [9.17, 15) is 4.79 Å². The minimum atomic E-state index is -0.0219. The Balaban J connectivity index is 0.00000106. The number of hydrogen-bond donors (Lipinski definition) is 1. The number of benzene rings is 1. The van der Waals surface area contributed by atoms with Crippen LogP contribution in [-0.4, -0.2) is 10.8 Å². The molecular weight excluding hydrogens is 260 g/mol. The van der Waals surface area contributed by atoms with E-state index in [0.29, 0.717) is 17.8 Å². The Morgan fingerprint density at radius 1 is 1.14 bits per heavy atom. The number of Topliss-reactive ketones (excluding diaryl/α,β-unsaturated/α-hetero) is 1. The molecule has 1 aromatic heterocycles. The molecule has 0 radical (unpaired) electrons. The number of aryl methyl sites for hydroxylation is 1. The molecule has 0 saturated heterocycles. The molecule has 2 N–H and O–H groups in total. The van der Waals surface area contributed by atoms with Crippen LogP contribution < -0.4 is 5.73 Å². The fourth-order valence-electron chi connectivity index (χ4n) is 2.01. The monoisotopic (exact) mass is 284 g/mol. The lowest BCUT2D eigenvalue weighted by molar-refractivity contribution is 0.0984. The van der Waals surface area contributed by atoms with Crippen molar-refractivity contribution in [2.75, 3.05) is 5.73 Å². The maximum atomic E-state index is 11.6. The second kappa shape index (κ2) is 8.20. The van der Waals surface area contributed by atoms with Gasteiger partial charge in [0, 0.05) is 18.2 Å². The molecule has 1 aromatic carbocycles. The zero-order chi connectivity index (χ0) is 15.8. The van der Waals surface area contributed by atoms with Crippen molar-refractivity contribution < 1.29 is 4.79 Å². The van der Waals surface area contributed by atoms with Crippen LogP contribution in [0.5, 0.6) is 0 Å². The molecule has 0 amide bonds. The number of nitrogens with zero attached hydrogens (tertiary/aromatic N) is 1. The zero-order valence-corrected chi connectivity index (χ0v) is 13.3. The summed E-state index contributed by atoms with van der Waals surface area (Å²) < 4.78 is 0. The van der Waals surface area contributed by atoms with Gasteiger partial charge in [-0.2, -0.15) is 0 Å². The SMILES string of the molecule is CC.CCC(=O)c1ncc(-c2cccc(CC)c2)cc1N. The fourth-order valence-corrected chi connectivity index (χ4v) is 2.01. The van der Waals surface area contributed by atoms with Crippen LogP contribution in [0.15, 0.2) is 36.5 Å². The van der Waals surface area contributed by atoms with Crippen LogP contribution in [0.25, 0.3) is 11.1 Å². The van der Waals surface area contributed by atoms with E-state index in [-0.39, 0.29) is 5.78 Å². The molecule has 21 heavy (non-hydrogen) atoms. The van der Waals surface area contributed by atoms with Crippen LogP contribution in [-0.2, 0) is 6.42 Å². The maximum absolute atomic E-state index is 11.6. The summed E-state index contributed by atoms with van der Waals surface area (Å²) in [6.07, 6.45) is 3.12. The first-order valence-electron chi connectivity index (χ1n) is 7.53. The highest BCUT2D eigenvalue weighted by atomic mass is 16.1. The number of ketones is 1. The Labute approximate surface area is 127 Å². The van der Waals surface area contributed by atoms with Crippen LogP contribution in [0.3, 0.4) is 0 Å². The average Bonchev–Trinajstić information content (AvgIpc) is 2.56. The Morgan fingerprint density at radius 2 is 1.86 bits per heavy atom. The van der Waals surface area contributed by atoms with Gasteiger partial charge in [0.1, 0.15) is 5.69 Å². The first-order valence-corrected chi connectivity index (χ1v) is 7.53. The molecule has 2 rings (SSSR count). The number of carbonyl (C=O) groups excluding carboxylic acids is 1. The number of aromatic nitrogens is 1.